The van der Waals surface area contributed by atoms with E-state index in [1.807, 2.05) is 11.4 Å². The average Bonchev–Trinajstić information content (AvgIpc) is 2.97. The Morgan fingerprint density at radius 3 is 2.64 bits per heavy atom. The molecule has 0 aliphatic rings. The molecular formula is C14H13BNO5S-. The summed E-state index contributed by atoms with van der Waals surface area (Å²) in [4.78, 5) is 23.7. The van der Waals surface area contributed by atoms with E-state index in [0.29, 0.717) is 0 Å². The van der Waals surface area contributed by atoms with Gasteiger partial charge in [0.15, 0.2) is 0 Å². The first kappa shape index (κ1) is 16.2. The number of nitrogens with one attached hydrogen (secondary N) is 1. The fraction of sp³-hybridized carbons (Fsp3) is 0.143. The van der Waals surface area contributed by atoms with Crippen LogP contribution in [0, 0.1) is 0 Å². The fourth-order valence-electron chi connectivity index (χ4n) is 1.98. The number of amides is 1. The number of benzene rings is 1. The van der Waals surface area contributed by atoms with E-state index in [2.05, 4.69) is 5.32 Å². The van der Waals surface area contributed by atoms with Gasteiger partial charge in [-0.05, 0) is 28.6 Å². The SMILES string of the molecule is O=C(Cc1cccs1)NC(B(O)O)c1cccc(C(=O)[O-])c1. The Kier molecular flexibility index (Phi) is 5.32. The third-order valence-electron chi connectivity index (χ3n) is 3.01. The van der Waals surface area contributed by atoms with E-state index in [1.54, 1.807) is 6.07 Å². The van der Waals surface area contributed by atoms with Gasteiger partial charge in [0.2, 0.25) is 5.91 Å². The summed E-state index contributed by atoms with van der Waals surface area (Å²) in [6.45, 7) is 0. The molecular weight excluding hydrogens is 305 g/mol. The molecule has 0 saturated heterocycles. The molecule has 0 aliphatic heterocycles. The highest BCUT2D eigenvalue weighted by Gasteiger charge is 2.27. The van der Waals surface area contributed by atoms with E-state index >= 15 is 0 Å². The summed E-state index contributed by atoms with van der Waals surface area (Å²) in [7, 11) is -1.86. The molecule has 0 radical (unpaired) electrons. The number of carboxylic acid groups (broad SMARTS) is 1. The number of aromatic carboxylic acids is 1. The Labute approximate surface area is 131 Å². The molecule has 1 unspecified atom stereocenters. The molecule has 22 heavy (non-hydrogen) atoms. The zero-order valence-corrected chi connectivity index (χ0v) is 12.2. The number of carbonyl (C=O) groups is 2. The molecule has 1 amide bonds. The minimum absolute atomic E-state index is 0.101. The lowest BCUT2D eigenvalue weighted by atomic mass is 9.74. The minimum Gasteiger partial charge on any atom is -0.545 e. The molecule has 0 aliphatic carbocycles. The first-order valence-corrected chi connectivity index (χ1v) is 7.34. The maximum absolute atomic E-state index is 12.0. The number of rotatable bonds is 6. The van der Waals surface area contributed by atoms with Crippen molar-refractivity contribution >= 4 is 30.3 Å². The van der Waals surface area contributed by atoms with Crippen LogP contribution in [0.1, 0.15) is 26.7 Å². The van der Waals surface area contributed by atoms with Crippen LogP contribution in [-0.4, -0.2) is 29.0 Å². The molecule has 0 spiro atoms. The van der Waals surface area contributed by atoms with Gasteiger partial charge < -0.3 is 25.3 Å². The van der Waals surface area contributed by atoms with Crippen molar-refractivity contribution in [3.8, 4) is 0 Å². The van der Waals surface area contributed by atoms with E-state index in [0.717, 1.165) is 4.88 Å². The lowest BCUT2D eigenvalue weighted by molar-refractivity contribution is -0.255. The average molecular weight is 318 g/mol. The van der Waals surface area contributed by atoms with E-state index in [-0.39, 0.29) is 23.5 Å². The van der Waals surface area contributed by atoms with E-state index in [1.165, 1.54) is 35.6 Å². The lowest BCUT2D eigenvalue weighted by Crippen LogP contribution is -2.40. The summed E-state index contributed by atoms with van der Waals surface area (Å²) in [6, 6.07) is 9.13. The van der Waals surface area contributed by atoms with Gasteiger partial charge in [-0.1, -0.05) is 24.3 Å². The second-order valence-electron chi connectivity index (χ2n) is 4.63. The van der Waals surface area contributed by atoms with Crippen LogP contribution in [0.4, 0.5) is 0 Å². The van der Waals surface area contributed by atoms with E-state index in [9.17, 15) is 24.7 Å². The Morgan fingerprint density at radius 2 is 2.05 bits per heavy atom. The highest BCUT2D eigenvalue weighted by molar-refractivity contribution is 7.10. The first-order valence-electron chi connectivity index (χ1n) is 6.46. The van der Waals surface area contributed by atoms with Gasteiger partial charge in [-0.15, -0.1) is 11.3 Å². The third kappa shape index (κ3) is 4.17. The van der Waals surface area contributed by atoms with Gasteiger partial charge in [0.25, 0.3) is 0 Å². The molecule has 0 bridgehead atoms. The fourth-order valence-corrected chi connectivity index (χ4v) is 2.69. The predicted molar refractivity (Wildman–Crippen MR) is 79.9 cm³/mol. The van der Waals surface area contributed by atoms with Crippen LogP contribution in [-0.2, 0) is 11.2 Å². The van der Waals surface area contributed by atoms with Crippen LogP contribution in [0.15, 0.2) is 41.8 Å². The zero-order chi connectivity index (χ0) is 16.1. The van der Waals surface area contributed by atoms with Crippen molar-refractivity contribution in [3.63, 3.8) is 0 Å². The standard InChI is InChI=1S/C14H14BNO5S/c17-12(8-11-5-2-6-22-11)16-13(15(20)21)9-3-1-4-10(7-9)14(18)19/h1-7,13,20-21H,8H2,(H,16,17)(H,18,19)/p-1. The molecule has 114 valence electrons. The van der Waals surface area contributed by atoms with Crippen LogP contribution >= 0.6 is 11.3 Å². The van der Waals surface area contributed by atoms with Gasteiger partial charge in [0.05, 0.1) is 18.3 Å². The van der Waals surface area contributed by atoms with Crippen molar-refractivity contribution in [1.82, 2.24) is 5.32 Å². The summed E-state index contributed by atoms with van der Waals surface area (Å²) >= 11 is 1.42. The van der Waals surface area contributed by atoms with Crippen LogP contribution in [0.3, 0.4) is 0 Å². The van der Waals surface area contributed by atoms with Crippen molar-refractivity contribution in [1.29, 1.82) is 0 Å². The van der Waals surface area contributed by atoms with E-state index in [4.69, 9.17) is 0 Å². The predicted octanol–water partition coefficient (Wildman–Crippen LogP) is -0.476. The van der Waals surface area contributed by atoms with Gasteiger partial charge in [-0.25, -0.2) is 0 Å². The third-order valence-corrected chi connectivity index (χ3v) is 3.89. The van der Waals surface area contributed by atoms with Crippen LogP contribution < -0.4 is 10.4 Å². The van der Waals surface area contributed by atoms with Crippen LogP contribution in [0.5, 0.6) is 0 Å². The van der Waals surface area contributed by atoms with Gasteiger partial charge >= 0.3 is 7.12 Å². The molecule has 1 atom stereocenters. The molecule has 1 aromatic carbocycles. The van der Waals surface area contributed by atoms with Crippen LogP contribution in [0.25, 0.3) is 0 Å². The molecule has 2 aromatic rings. The smallest absolute Gasteiger partial charge is 0.480 e. The normalized spacial score (nSPS) is 11.7. The second kappa shape index (κ2) is 7.21. The van der Waals surface area contributed by atoms with Gasteiger partial charge in [0, 0.05) is 4.88 Å². The van der Waals surface area contributed by atoms with Crippen molar-refractivity contribution in [2.45, 2.75) is 12.4 Å². The number of hydrogen-bond donors (Lipinski definition) is 3. The van der Waals surface area contributed by atoms with Gasteiger partial charge in [-0.2, -0.15) is 0 Å². The highest BCUT2D eigenvalue weighted by Crippen LogP contribution is 2.17. The Bertz CT molecular complexity index is 659. The summed E-state index contributed by atoms with van der Waals surface area (Å²) in [6.07, 6.45) is 0.112. The van der Waals surface area contributed by atoms with Crippen molar-refractivity contribution in [3.05, 3.63) is 57.8 Å². The Hall–Kier alpha value is -2.16. The van der Waals surface area contributed by atoms with Crippen molar-refractivity contribution in [2.24, 2.45) is 0 Å². The quantitative estimate of drug-likeness (QED) is 0.624. The molecule has 1 aromatic heterocycles. The van der Waals surface area contributed by atoms with Crippen molar-refractivity contribution < 1.29 is 24.7 Å². The molecule has 1 heterocycles. The lowest BCUT2D eigenvalue weighted by Gasteiger charge is -2.19. The Balaban J connectivity index is 2.14. The number of thiophene rings is 1. The number of carbonyl (C=O) groups excluding carboxylic acids is 2. The number of hydrogen-bond acceptors (Lipinski definition) is 6. The molecule has 0 saturated carbocycles. The maximum atomic E-state index is 12.0. The molecule has 3 N–H and O–H groups in total. The van der Waals surface area contributed by atoms with Crippen molar-refractivity contribution in [2.75, 3.05) is 0 Å². The summed E-state index contributed by atoms with van der Waals surface area (Å²) in [5.74, 6) is -2.89. The largest absolute Gasteiger partial charge is 0.545 e. The summed E-state index contributed by atoms with van der Waals surface area (Å²) < 4.78 is 0. The zero-order valence-electron chi connectivity index (χ0n) is 11.4. The summed E-state index contributed by atoms with van der Waals surface area (Å²) in [5.41, 5.74) is 0.173. The number of carboxylic acids is 1. The van der Waals surface area contributed by atoms with E-state index < -0.39 is 19.0 Å². The Morgan fingerprint density at radius 1 is 1.27 bits per heavy atom. The van der Waals surface area contributed by atoms with Gasteiger partial charge in [-0.3, -0.25) is 4.79 Å². The minimum atomic E-state index is -1.86. The second-order valence-corrected chi connectivity index (χ2v) is 5.66. The molecule has 0 fully saturated rings. The molecule has 2 rings (SSSR count). The maximum Gasteiger partial charge on any atom is 0.480 e. The first-order chi connectivity index (χ1) is 10.5. The molecule has 6 nitrogen and oxygen atoms in total. The van der Waals surface area contributed by atoms with Crippen LogP contribution in [0.2, 0.25) is 0 Å². The highest BCUT2D eigenvalue weighted by atomic mass is 32.1. The monoisotopic (exact) mass is 318 g/mol. The summed E-state index contributed by atoms with van der Waals surface area (Å²) in [5, 5.41) is 34.1. The topological polar surface area (TPSA) is 110 Å². The molecule has 8 heteroatoms. The van der Waals surface area contributed by atoms with Gasteiger partial charge in [0.1, 0.15) is 0 Å².